The monoisotopic (exact) mass is 248 g/mol. The highest BCUT2D eigenvalue weighted by molar-refractivity contribution is 5.48. The summed E-state index contributed by atoms with van der Waals surface area (Å²) in [7, 11) is 0. The fourth-order valence-corrected chi connectivity index (χ4v) is 2.27. The molecular formula is C11H16N6O. The third kappa shape index (κ3) is 2.21. The molecule has 1 aliphatic rings. The van der Waals surface area contributed by atoms with Gasteiger partial charge in [-0.1, -0.05) is 0 Å². The Morgan fingerprint density at radius 3 is 3.33 bits per heavy atom. The summed E-state index contributed by atoms with van der Waals surface area (Å²) in [4.78, 5) is 15.4. The van der Waals surface area contributed by atoms with Crippen LogP contribution in [0.1, 0.15) is 12.8 Å². The van der Waals surface area contributed by atoms with Crippen LogP contribution in [-0.2, 0) is 0 Å². The van der Waals surface area contributed by atoms with E-state index in [1.165, 1.54) is 17.1 Å². The van der Waals surface area contributed by atoms with E-state index in [-0.39, 0.29) is 5.69 Å². The van der Waals surface area contributed by atoms with Gasteiger partial charge >= 0.3 is 5.69 Å². The summed E-state index contributed by atoms with van der Waals surface area (Å²) in [6.45, 7) is 3.14. The molecule has 1 atom stereocenters. The van der Waals surface area contributed by atoms with Crippen molar-refractivity contribution in [1.29, 1.82) is 0 Å². The van der Waals surface area contributed by atoms with Crippen LogP contribution in [0.2, 0.25) is 0 Å². The van der Waals surface area contributed by atoms with Gasteiger partial charge in [0, 0.05) is 12.6 Å². The van der Waals surface area contributed by atoms with Crippen molar-refractivity contribution in [1.82, 2.24) is 24.9 Å². The molecule has 2 aromatic heterocycles. The highest BCUT2D eigenvalue weighted by Crippen LogP contribution is 2.12. The predicted molar refractivity (Wildman–Crippen MR) is 67.7 cm³/mol. The van der Waals surface area contributed by atoms with Gasteiger partial charge in [0.25, 0.3) is 0 Å². The minimum Gasteiger partial charge on any atom is -0.370 e. The van der Waals surface area contributed by atoms with Crippen molar-refractivity contribution < 1.29 is 0 Å². The molecule has 3 heterocycles. The maximum Gasteiger partial charge on any atom is 0.348 e. The molecule has 0 spiro atoms. The summed E-state index contributed by atoms with van der Waals surface area (Å²) >= 11 is 0. The van der Waals surface area contributed by atoms with Gasteiger partial charge in [0.05, 0.1) is 0 Å². The standard InChI is InChI=1S/C11H16N6O/c18-11-16-15-10-5-9(14-7-17(10)11)13-4-2-8-1-3-12-6-8/h5,7-8,12-13H,1-4,6H2,(H,16,18). The molecule has 3 N–H and O–H groups in total. The van der Waals surface area contributed by atoms with Crippen LogP contribution in [0.25, 0.3) is 5.65 Å². The summed E-state index contributed by atoms with van der Waals surface area (Å²) < 4.78 is 1.38. The molecule has 1 fully saturated rings. The summed E-state index contributed by atoms with van der Waals surface area (Å²) in [6, 6.07) is 1.77. The molecule has 1 unspecified atom stereocenters. The number of nitrogens with zero attached hydrogens (tertiary/aromatic N) is 3. The lowest BCUT2D eigenvalue weighted by atomic mass is 10.1. The van der Waals surface area contributed by atoms with Gasteiger partial charge in [-0.2, -0.15) is 5.10 Å². The molecule has 96 valence electrons. The first-order chi connectivity index (χ1) is 8.83. The zero-order valence-electron chi connectivity index (χ0n) is 10.0. The molecule has 2 aromatic rings. The molecule has 7 heteroatoms. The summed E-state index contributed by atoms with van der Waals surface area (Å²) in [5, 5.41) is 12.9. The van der Waals surface area contributed by atoms with Gasteiger partial charge in [-0.25, -0.2) is 19.3 Å². The van der Waals surface area contributed by atoms with Gasteiger partial charge < -0.3 is 10.6 Å². The molecule has 0 radical (unpaired) electrons. The van der Waals surface area contributed by atoms with Crippen LogP contribution >= 0.6 is 0 Å². The first kappa shape index (κ1) is 11.2. The number of anilines is 1. The number of H-pyrrole nitrogens is 1. The van der Waals surface area contributed by atoms with E-state index in [0.717, 1.165) is 37.8 Å². The molecule has 18 heavy (non-hydrogen) atoms. The molecular weight excluding hydrogens is 232 g/mol. The maximum atomic E-state index is 11.3. The van der Waals surface area contributed by atoms with Crippen molar-refractivity contribution in [3.63, 3.8) is 0 Å². The minimum atomic E-state index is -0.263. The molecule has 1 aliphatic heterocycles. The third-order valence-electron chi connectivity index (χ3n) is 3.33. The van der Waals surface area contributed by atoms with E-state index in [1.54, 1.807) is 6.07 Å². The van der Waals surface area contributed by atoms with Gasteiger partial charge in [0.15, 0.2) is 5.65 Å². The first-order valence-electron chi connectivity index (χ1n) is 6.20. The molecule has 3 rings (SSSR count). The average Bonchev–Trinajstić information content (AvgIpc) is 3.00. The van der Waals surface area contributed by atoms with Crippen molar-refractivity contribution >= 4 is 11.5 Å². The average molecular weight is 248 g/mol. The van der Waals surface area contributed by atoms with E-state index < -0.39 is 0 Å². The molecule has 0 amide bonds. The van der Waals surface area contributed by atoms with Crippen molar-refractivity contribution in [2.45, 2.75) is 12.8 Å². The highest BCUT2D eigenvalue weighted by Gasteiger charge is 2.13. The fourth-order valence-electron chi connectivity index (χ4n) is 2.27. The van der Waals surface area contributed by atoms with Crippen LogP contribution in [0.4, 0.5) is 5.82 Å². The van der Waals surface area contributed by atoms with Gasteiger partial charge in [-0.05, 0) is 31.8 Å². The first-order valence-corrected chi connectivity index (χ1v) is 6.20. The molecule has 7 nitrogen and oxygen atoms in total. The van der Waals surface area contributed by atoms with Crippen molar-refractivity contribution in [2.75, 3.05) is 25.0 Å². The number of aromatic nitrogens is 4. The predicted octanol–water partition coefficient (Wildman–Crippen LogP) is -0.171. The van der Waals surface area contributed by atoms with Gasteiger partial charge in [-0.15, -0.1) is 0 Å². The number of nitrogens with one attached hydrogen (secondary N) is 3. The molecule has 1 saturated heterocycles. The Morgan fingerprint density at radius 2 is 2.50 bits per heavy atom. The van der Waals surface area contributed by atoms with E-state index >= 15 is 0 Å². The second-order valence-electron chi connectivity index (χ2n) is 4.61. The van der Waals surface area contributed by atoms with E-state index in [9.17, 15) is 4.79 Å². The molecule has 0 aromatic carbocycles. The quantitative estimate of drug-likeness (QED) is 0.699. The van der Waals surface area contributed by atoms with E-state index in [1.807, 2.05) is 0 Å². The lowest BCUT2D eigenvalue weighted by Crippen LogP contribution is -2.14. The number of fused-ring (bicyclic) bond motifs is 1. The van der Waals surface area contributed by atoms with Crippen LogP contribution in [0.3, 0.4) is 0 Å². The summed E-state index contributed by atoms with van der Waals surface area (Å²) in [5.74, 6) is 1.52. The second-order valence-corrected chi connectivity index (χ2v) is 4.61. The largest absolute Gasteiger partial charge is 0.370 e. The normalized spacial score (nSPS) is 19.4. The van der Waals surface area contributed by atoms with E-state index in [2.05, 4.69) is 25.8 Å². The number of hydrogen-bond donors (Lipinski definition) is 3. The zero-order chi connectivity index (χ0) is 12.4. The summed E-state index contributed by atoms with van der Waals surface area (Å²) in [6.07, 6.45) is 3.87. The van der Waals surface area contributed by atoms with Crippen molar-refractivity contribution in [3.05, 3.63) is 22.9 Å². The van der Waals surface area contributed by atoms with Gasteiger partial charge in [-0.3, -0.25) is 0 Å². The third-order valence-corrected chi connectivity index (χ3v) is 3.33. The van der Waals surface area contributed by atoms with Gasteiger partial charge in [0.2, 0.25) is 0 Å². The Balaban J connectivity index is 1.62. The van der Waals surface area contributed by atoms with Crippen molar-refractivity contribution in [3.8, 4) is 0 Å². The van der Waals surface area contributed by atoms with Gasteiger partial charge in [0.1, 0.15) is 12.1 Å². The van der Waals surface area contributed by atoms with Crippen LogP contribution in [0, 0.1) is 5.92 Å². The smallest absolute Gasteiger partial charge is 0.348 e. The Labute approximate surface area is 104 Å². The maximum absolute atomic E-state index is 11.3. The number of rotatable bonds is 4. The van der Waals surface area contributed by atoms with Crippen LogP contribution in [0.5, 0.6) is 0 Å². The number of aromatic amines is 1. The fraction of sp³-hybridized carbons (Fsp3) is 0.545. The number of hydrogen-bond acceptors (Lipinski definition) is 5. The lowest BCUT2D eigenvalue weighted by molar-refractivity contribution is 0.549. The topological polar surface area (TPSA) is 87.1 Å². The molecule has 0 aliphatic carbocycles. The lowest BCUT2D eigenvalue weighted by Gasteiger charge is -2.09. The van der Waals surface area contributed by atoms with Crippen molar-refractivity contribution in [2.24, 2.45) is 5.92 Å². The zero-order valence-corrected chi connectivity index (χ0v) is 10.0. The van der Waals surface area contributed by atoms with Crippen LogP contribution in [-0.4, -0.2) is 39.2 Å². The second kappa shape index (κ2) is 4.77. The molecule has 0 saturated carbocycles. The highest BCUT2D eigenvalue weighted by atomic mass is 16.1. The van der Waals surface area contributed by atoms with Crippen LogP contribution < -0.4 is 16.3 Å². The molecule has 0 bridgehead atoms. The van der Waals surface area contributed by atoms with Crippen LogP contribution in [0.15, 0.2) is 17.2 Å². The SMILES string of the molecule is O=c1[nH]nc2cc(NCCC3CCNC3)ncn12. The Bertz CT molecular complexity index is 582. The van der Waals surface area contributed by atoms with E-state index in [4.69, 9.17) is 0 Å². The Morgan fingerprint density at radius 1 is 1.56 bits per heavy atom. The Hall–Kier alpha value is -1.89. The Kier molecular flexibility index (Phi) is 2.97. The van der Waals surface area contributed by atoms with E-state index in [0.29, 0.717) is 5.65 Å². The summed E-state index contributed by atoms with van der Waals surface area (Å²) in [5.41, 5.74) is 0.320. The minimum absolute atomic E-state index is 0.263.